The quantitative estimate of drug-likeness (QED) is 0.652. The molecule has 0 atom stereocenters. The first-order valence-corrected chi connectivity index (χ1v) is 4.93. The van der Waals surface area contributed by atoms with Gasteiger partial charge in [-0.3, -0.25) is 4.99 Å². The van der Waals surface area contributed by atoms with Crippen LogP contribution in [0.3, 0.4) is 0 Å². The van der Waals surface area contributed by atoms with Gasteiger partial charge in [0, 0.05) is 12.8 Å². The lowest BCUT2D eigenvalue weighted by Gasteiger charge is -2.06. The second-order valence-electron chi connectivity index (χ2n) is 3.60. The summed E-state index contributed by atoms with van der Waals surface area (Å²) in [6.45, 7) is 6.79. The number of hydrogen-bond donors (Lipinski definition) is 0. The van der Waals surface area contributed by atoms with Gasteiger partial charge in [-0.25, -0.2) is 4.39 Å². The van der Waals surface area contributed by atoms with E-state index in [1.807, 2.05) is 13.0 Å². The van der Waals surface area contributed by atoms with Crippen molar-refractivity contribution in [3.05, 3.63) is 35.1 Å². The van der Waals surface area contributed by atoms with Crippen LogP contribution in [0.4, 0.5) is 4.39 Å². The van der Waals surface area contributed by atoms with Crippen molar-refractivity contribution in [3.63, 3.8) is 0 Å². The van der Waals surface area contributed by atoms with Gasteiger partial charge in [0.25, 0.3) is 0 Å². The Bertz CT molecular complexity index is 329. The third-order valence-electron chi connectivity index (χ3n) is 2.03. The molecule has 0 aromatic heterocycles. The van der Waals surface area contributed by atoms with Gasteiger partial charge in [-0.2, -0.15) is 0 Å². The number of nitrogens with zero attached hydrogens (tertiary/aromatic N) is 1. The first kappa shape index (κ1) is 10.9. The summed E-state index contributed by atoms with van der Waals surface area (Å²) < 4.78 is 13.2. The lowest BCUT2D eigenvalue weighted by molar-refractivity contribution is 0.623. The molecule has 0 radical (unpaired) electrons. The summed E-state index contributed by atoms with van der Waals surface area (Å²) in [6.07, 6.45) is 1.72. The molecular weight excluding hydrogens is 177 g/mol. The molecule has 0 N–H and O–H groups in total. The van der Waals surface area contributed by atoms with Gasteiger partial charge in [-0.15, -0.1) is 0 Å². The van der Waals surface area contributed by atoms with Crippen LogP contribution in [0, 0.1) is 5.82 Å². The molecule has 0 heterocycles. The van der Waals surface area contributed by atoms with E-state index in [4.69, 9.17) is 0 Å². The Labute approximate surface area is 84.7 Å². The Balaban J connectivity index is 3.01. The molecule has 1 nitrogen and oxygen atoms in total. The summed E-state index contributed by atoms with van der Waals surface area (Å²) in [6, 6.07) is 5.06. The average molecular weight is 193 g/mol. The third kappa shape index (κ3) is 2.95. The van der Waals surface area contributed by atoms with Crippen LogP contribution >= 0.6 is 0 Å². The van der Waals surface area contributed by atoms with Crippen LogP contribution in [-0.4, -0.2) is 12.8 Å². The van der Waals surface area contributed by atoms with E-state index in [-0.39, 0.29) is 5.82 Å². The highest BCUT2D eigenvalue weighted by Gasteiger charge is 2.02. The molecule has 0 saturated carbocycles. The number of halogens is 1. The molecule has 1 rings (SSSR count). The molecule has 0 aliphatic heterocycles. The molecule has 14 heavy (non-hydrogen) atoms. The highest BCUT2D eigenvalue weighted by molar-refractivity contribution is 5.79. The highest BCUT2D eigenvalue weighted by Crippen LogP contribution is 2.16. The summed E-state index contributed by atoms with van der Waals surface area (Å²) >= 11 is 0. The van der Waals surface area contributed by atoms with Crippen LogP contribution in [0.5, 0.6) is 0 Å². The van der Waals surface area contributed by atoms with E-state index in [1.165, 1.54) is 6.07 Å². The molecule has 2 heteroatoms. The molecule has 0 bridgehead atoms. The van der Waals surface area contributed by atoms with Gasteiger partial charge >= 0.3 is 0 Å². The van der Waals surface area contributed by atoms with E-state index in [0.29, 0.717) is 5.92 Å². The van der Waals surface area contributed by atoms with Gasteiger partial charge in [-0.1, -0.05) is 13.8 Å². The molecule has 1 aromatic carbocycles. The fourth-order valence-corrected chi connectivity index (χ4v) is 1.24. The van der Waals surface area contributed by atoms with E-state index >= 15 is 0 Å². The summed E-state index contributed by atoms with van der Waals surface area (Å²) in [4.78, 5) is 4.09. The van der Waals surface area contributed by atoms with Crippen molar-refractivity contribution >= 4 is 6.21 Å². The summed E-state index contributed by atoms with van der Waals surface area (Å²) in [5.41, 5.74) is 1.86. The number of aliphatic imine (C=N–C) groups is 1. The fraction of sp³-hybridized carbons (Fsp3) is 0.417. The predicted molar refractivity (Wildman–Crippen MR) is 58.6 cm³/mol. The lowest BCUT2D eigenvalue weighted by Crippen LogP contribution is -1.92. The zero-order valence-electron chi connectivity index (χ0n) is 8.92. The molecule has 0 fully saturated rings. The van der Waals surface area contributed by atoms with Crippen LogP contribution in [0.25, 0.3) is 0 Å². The maximum Gasteiger partial charge on any atom is 0.124 e. The topological polar surface area (TPSA) is 12.4 Å². The van der Waals surface area contributed by atoms with E-state index in [2.05, 4.69) is 18.8 Å². The lowest BCUT2D eigenvalue weighted by atomic mass is 10.0. The van der Waals surface area contributed by atoms with Crippen LogP contribution in [0.1, 0.15) is 37.8 Å². The molecule has 0 saturated heterocycles. The second kappa shape index (κ2) is 4.89. The van der Waals surface area contributed by atoms with E-state index in [1.54, 1.807) is 12.3 Å². The Morgan fingerprint density at radius 1 is 1.36 bits per heavy atom. The zero-order chi connectivity index (χ0) is 10.6. The number of benzene rings is 1. The van der Waals surface area contributed by atoms with Crippen molar-refractivity contribution in [1.82, 2.24) is 0 Å². The molecule has 0 aliphatic rings. The predicted octanol–water partition coefficient (Wildman–Crippen LogP) is 3.39. The van der Waals surface area contributed by atoms with Gasteiger partial charge in [0.05, 0.1) is 0 Å². The van der Waals surface area contributed by atoms with Gasteiger partial charge < -0.3 is 0 Å². The average Bonchev–Trinajstić information content (AvgIpc) is 2.14. The smallest absolute Gasteiger partial charge is 0.124 e. The summed E-state index contributed by atoms with van der Waals surface area (Å²) in [7, 11) is 0. The van der Waals surface area contributed by atoms with E-state index < -0.39 is 0 Å². The van der Waals surface area contributed by atoms with Crippen LogP contribution in [0.15, 0.2) is 23.2 Å². The molecule has 0 aliphatic carbocycles. The Morgan fingerprint density at radius 3 is 2.64 bits per heavy atom. The van der Waals surface area contributed by atoms with E-state index in [9.17, 15) is 4.39 Å². The van der Waals surface area contributed by atoms with Crippen molar-refractivity contribution in [1.29, 1.82) is 0 Å². The molecule has 0 spiro atoms. The van der Waals surface area contributed by atoms with Crippen molar-refractivity contribution in [2.24, 2.45) is 4.99 Å². The van der Waals surface area contributed by atoms with Gasteiger partial charge in [0.15, 0.2) is 0 Å². The fourth-order valence-electron chi connectivity index (χ4n) is 1.24. The zero-order valence-corrected chi connectivity index (χ0v) is 8.92. The molecule has 0 unspecified atom stereocenters. The normalized spacial score (nSPS) is 11.5. The molecular formula is C12H16FN. The highest BCUT2D eigenvalue weighted by atomic mass is 19.1. The van der Waals surface area contributed by atoms with Crippen LogP contribution in [-0.2, 0) is 0 Å². The van der Waals surface area contributed by atoms with Gasteiger partial charge in [-0.05, 0) is 42.2 Å². The molecule has 0 amide bonds. The van der Waals surface area contributed by atoms with Crippen molar-refractivity contribution in [2.45, 2.75) is 26.7 Å². The summed E-state index contributed by atoms with van der Waals surface area (Å²) in [5.74, 6) is 0.160. The number of rotatable bonds is 3. The maximum atomic E-state index is 13.2. The standard InChI is InChI=1S/C12H16FN/c1-4-14-8-10-5-11(9(2)3)7-12(13)6-10/h5-9H,4H2,1-3H3. The minimum atomic E-state index is -0.186. The van der Waals surface area contributed by atoms with Crippen LogP contribution in [0.2, 0.25) is 0 Å². The first-order valence-electron chi connectivity index (χ1n) is 4.93. The third-order valence-corrected chi connectivity index (χ3v) is 2.03. The SMILES string of the molecule is CCN=Cc1cc(F)cc(C(C)C)c1. The minimum Gasteiger partial charge on any atom is -0.293 e. The van der Waals surface area contributed by atoms with Gasteiger partial charge in [0.1, 0.15) is 5.82 Å². The largest absolute Gasteiger partial charge is 0.293 e. The monoisotopic (exact) mass is 193 g/mol. The Kier molecular flexibility index (Phi) is 3.81. The van der Waals surface area contributed by atoms with E-state index in [0.717, 1.165) is 17.7 Å². The number of hydrogen-bond acceptors (Lipinski definition) is 1. The Hall–Kier alpha value is -1.18. The van der Waals surface area contributed by atoms with Crippen LogP contribution < -0.4 is 0 Å². The van der Waals surface area contributed by atoms with Gasteiger partial charge in [0.2, 0.25) is 0 Å². The first-order chi connectivity index (χ1) is 6.63. The second-order valence-corrected chi connectivity index (χ2v) is 3.60. The Morgan fingerprint density at radius 2 is 2.07 bits per heavy atom. The maximum absolute atomic E-state index is 13.2. The molecule has 76 valence electrons. The van der Waals surface area contributed by atoms with Crippen molar-refractivity contribution in [2.75, 3.05) is 6.54 Å². The minimum absolute atomic E-state index is 0.186. The molecule has 1 aromatic rings. The summed E-state index contributed by atoms with van der Waals surface area (Å²) in [5, 5.41) is 0. The van der Waals surface area contributed by atoms with Crippen molar-refractivity contribution in [3.8, 4) is 0 Å². The van der Waals surface area contributed by atoms with Crippen molar-refractivity contribution < 1.29 is 4.39 Å².